The molecule has 1 spiro atoms. The van der Waals surface area contributed by atoms with E-state index in [1.807, 2.05) is 28.7 Å². The molecule has 1 atom stereocenters. The minimum atomic E-state index is -3.57. The molecule has 8 nitrogen and oxygen atoms in total. The van der Waals surface area contributed by atoms with E-state index in [0.29, 0.717) is 37.4 Å². The van der Waals surface area contributed by atoms with Crippen LogP contribution >= 0.6 is 0 Å². The molecule has 1 amide bonds. The van der Waals surface area contributed by atoms with Gasteiger partial charge in [0, 0.05) is 38.6 Å². The Kier molecular flexibility index (Phi) is 5.15. The molecule has 0 N–H and O–H groups in total. The number of carbonyl (C=O) groups excluding carboxylic acids is 1. The minimum absolute atomic E-state index is 0.0334. The normalized spacial score (nSPS) is 23.8. The van der Waals surface area contributed by atoms with Crippen LogP contribution in [0.15, 0.2) is 41.6 Å². The standard InChI is InChI=1S/C22H28N4O4S/c1-17-5-4-6-18(15-17)31(28,29)26-12-7-22(8-13-26)21-23-9-14-25(21)16-19(30-22)20(27)24-10-2-3-11-24/h4-6,9,14-15,19H,2-3,7-8,10-13,16H2,1H3. The number of fused-ring (bicyclic) bond motifs is 2. The van der Waals surface area contributed by atoms with Crippen LogP contribution in [-0.4, -0.2) is 65.4 Å². The molecule has 9 heteroatoms. The van der Waals surface area contributed by atoms with Gasteiger partial charge in [-0.25, -0.2) is 13.4 Å². The van der Waals surface area contributed by atoms with Crippen LogP contribution in [0.25, 0.3) is 0 Å². The number of hydrogen-bond donors (Lipinski definition) is 0. The lowest BCUT2D eigenvalue weighted by molar-refractivity contribution is -0.178. The highest BCUT2D eigenvalue weighted by Gasteiger charge is 2.49. The monoisotopic (exact) mass is 444 g/mol. The predicted octanol–water partition coefficient (Wildman–Crippen LogP) is 1.89. The average Bonchev–Trinajstić information content (AvgIpc) is 3.46. The first kappa shape index (κ1) is 20.7. The van der Waals surface area contributed by atoms with Gasteiger partial charge in [0.15, 0.2) is 6.10 Å². The van der Waals surface area contributed by atoms with Gasteiger partial charge in [-0.1, -0.05) is 12.1 Å². The fourth-order valence-corrected chi connectivity index (χ4v) is 6.57. The van der Waals surface area contributed by atoms with Crippen LogP contribution in [-0.2, 0) is 31.7 Å². The Labute approximate surface area is 182 Å². The summed E-state index contributed by atoms with van der Waals surface area (Å²) in [5.74, 6) is 0.830. The van der Waals surface area contributed by atoms with Crippen molar-refractivity contribution in [2.75, 3.05) is 26.2 Å². The van der Waals surface area contributed by atoms with Gasteiger partial charge < -0.3 is 14.2 Å². The van der Waals surface area contributed by atoms with Gasteiger partial charge in [-0.2, -0.15) is 4.31 Å². The topological polar surface area (TPSA) is 84.7 Å². The Morgan fingerprint density at radius 3 is 2.61 bits per heavy atom. The molecule has 1 aromatic heterocycles. The van der Waals surface area contributed by atoms with Gasteiger partial charge in [0.05, 0.1) is 11.4 Å². The van der Waals surface area contributed by atoms with Gasteiger partial charge in [-0.05, 0) is 50.3 Å². The number of ether oxygens (including phenoxy) is 1. The van der Waals surface area contributed by atoms with Crippen molar-refractivity contribution < 1.29 is 17.9 Å². The number of nitrogens with zero attached hydrogens (tertiary/aromatic N) is 4. The lowest BCUT2D eigenvalue weighted by Crippen LogP contribution is -2.55. The molecular formula is C22H28N4O4S. The highest BCUT2D eigenvalue weighted by atomic mass is 32.2. The number of hydrogen-bond acceptors (Lipinski definition) is 5. The molecule has 0 aliphatic carbocycles. The molecule has 3 aliphatic heterocycles. The van der Waals surface area contributed by atoms with Crippen LogP contribution in [0, 0.1) is 6.92 Å². The number of sulfonamides is 1. The van der Waals surface area contributed by atoms with Crippen LogP contribution in [0.4, 0.5) is 0 Å². The summed E-state index contributed by atoms with van der Waals surface area (Å²) in [4.78, 5) is 19.8. The second-order valence-electron chi connectivity index (χ2n) is 8.76. The second kappa shape index (κ2) is 7.72. The van der Waals surface area contributed by atoms with Crippen molar-refractivity contribution >= 4 is 15.9 Å². The molecule has 2 saturated heterocycles. The quantitative estimate of drug-likeness (QED) is 0.722. The van der Waals surface area contributed by atoms with Crippen molar-refractivity contribution in [3.05, 3.63) is 48.0 Å². The Hall–Kier alpha value is -2.23. The van der Waals surface area contributed by atoms with Crippen LogP contribution in [0.3, 0.4) is 0 Å². The highest BCUT2D eigenvalue weighted by molar-refractivity contribution is 7.89. The number of likely N-dealkylation sites (tertiary alicyclic amines) is 1. The molecule has 3 aliphatic rings. The first-order valence-corrected chi connectivity index (χ1v) is 12.4. The first-order valence-electron chi connectivity index (χ1n) is 10.9. The van der Waals surface area contributed by atoms with E-state index in [0.717, 1.165) is 37.3 Å². The Morgan fingerprint density at radius 1 is 1.16 bits per heavy atom. The SMILES string of the molecule is Cc1cccc(S(=O)(=O)N2CCC3(CC2)OC(C(=O)N2CCCC2)Cn2ccnc23)c1. The van der Waals surface area contributed by atoms with Gasteiger partial charge in [0.1, 0.15) is 11.4 Å². The maximum Gasteiger partial charge on any atom is 0.253 e. The molecule has 2 aromatic rings. The zero-order chi connectivity index (χ0) is 21.6. The number of imidazole rings is 1. The van der Waals surface area contributed by atoms with Crippen molar-refractivity contribution in [2.45, 2.75) is 55.8 Å². The van der Waals surface area contributed by atoms with Crippen LogP contribution in [0.5, 0.6) is 0 Å². The second-order valence-corrected chi connectivity index (χ2v) is 10.7. The first-order chi connectivity index (χ1) is 14.9. The Balaban J connectivity index is 1.37. The number of aromatic nitrogens is 2. The van der Waals surface area contributed by atoms with E-state index in [1.54, 1.807) is 24.4 Å². The van der Waals surface area contributed by atoms with E-state index < -0.39 is 21.7 Å². The fourth-order valence-electron chi connectivity index (χ4n) is 5.02. The van der Waals surface area contributed by atoms with Crippen LogP contribution in [0.2, 0.25) is 0 Å². The Morgan fingerprint density at radius 2 is 1.90 bits per heavy atom. The van der Waals surface area contributed by atoms with E-state index in [9.17, 15) is 13.2 Å². The number of piperidine rings is 1. The summed E-state index contributed by atoms with van der Waals surface area (Å²) in [6, 6.07) is 7.00. The number of carbonyl (C=O) groups is 1. The number of benzene rings is 1. The average molecular weight is 445 g/mol. The molecule has 0 radical (unpaired) electrons. The highest BCUT2D eigenvalue weighted by Crippen LogP contribution is 2.41. The van der Waals surface area contributed by atoms with E-state index in [4.69, 9.17) is 4.74 Å². The molecule has 1 aromatic carbocycles. The summed E-state index contributed by atoms with van der Waals surface area (Å²) in [5.41, 5.74) is 0.177. The number of rotatable bonds is 3. The molecule has 5 rings (SSSR count). The van der Waals surface area contributed by atoms with Gasteiger partial charge in [-0.15, -0.1) is 0 Å². The summed E-state index contributed by atoms with van der Waals surface area (Å²) in [6.45, 7) is 4.56. The predicted molar refractivity (Wildman–Crippen MR) is 114 cm³/mol. The third kappa shape index (κ3) is 3.58. The molecule has 31 heavy (non-hydrogen) atoms. The van der Waals surface area contributed by atoms with E-state index in [1.165, 1.54) is 4.31 Å². The third-order valence-corrected chi connectivity index (χ3v) is 8.60. The van der Waals surface area contributed by atoms with E-state index in [-0.39, 0.29) is 5.91 Å². The van der Waals surface area contributed by atoms with Crippen molar-refractivity contribution in [2.24, 2.45) is 0 Å². The molecule has 2 fully saturated rings. The summed E-state index contributed by atoms with van der Waals surface area (Å²) in [7, 11) is -3.57. The number of amides is 1. The maximum absolute atomic E-state index is 13.2. The van der Waals surface area contributed by atoms with Gasteiger partial charge in [0.2, 0.25) is 10.0 Å². The fraction of sp³-hybridized carbons (Fsp3) is 0.545. The van der Waals surface area contributed by atoms with Crippen LogP contribution in [0.1, 0.15) is 37.1 Å². The van der Waals surface area contributed by atoms with Crippen molar-refractivity contribution in [1.29, 1.82) is 0 Å². The molecule has 1 unspecified atom stereocenters. The summed E-state index contributed by atoms with van der Waals surface area (Å²) in [5, 5.41) is 0. The molecule has 166 valence electrons. The van der Waals surface area contributed by atoms with Crippen LogP contribution < -0.4 is 0 Å². The number of aryl methyl sites for hydroxylation is 1. The lowest BCUT2D eigenvalue weighted by Gasteiger charge is -2.45. The van der Waals surface area contributed by atoms with Crippen molar-refractivity contribution in [3.63, 3.8) is 0 Å². The zero-order valence-corrected chi connectivity index (χ0v) is 18.6. The molecule has 0 bridgehead atoms. The lowest BCUT2D eigenvalue weighted by atomic mass is 9.89. The molecular weight excluding hydrogens is 416 g/mol. The summed E-state index contributed by atoms with van der Waals surface area (Å²) in [6.07, 6.45) is 6.08. The third-order valence-electron chi connectivity index (χ3n) is 6.70. The van der Waals surface area contributed by atoms with Gasteiger partial charge in [-0.3, -0.25) is 4.79 Å². The molecule has 4 heterocycles. The Bertz CT molecular complexity index is 1080. The summed E-state index contributed by atoms with van der Waals surface area (Å²) < 4.78 is 36.3. The van der Waals surface area contributed by atoms with E-state index in [2.05, 4.69) is 4.98 Å². The zero-order valence-electron chi connectivity index (χ0n) is 17.7. The maximum atomic E-state index is 13.2. The van der Waals surface area contributed by atoms with Crippen molar-refractivity contribution in [1.82, 2.24) is 18.8 Å². The van der Waals surface area contributed by atoms with Gasteiger partial charge >= 0.3 is 0 Å². The smallest absolute Gasteiger partial charge is 0.253 e. The van der Waals surface area contributed by atoms with E-state index >= 15 is 0 Å². The summed E-state index contributed by atoms with van der Waals surface area (Å²) >= 11 is 0. The minimum Gasteiger partial charge on any atom is -0.352 e. The van der Waals surface area contributed by atoms with Crippen molar-refractivity contribution in [3.8, 4) is 0 Å². The molecule has 0 saturated carbocycles. The largest absolute Gasteiger partial charge is 0.352 e. The van der Waals surface area contributed by atoms with Gasteiger partial charge in [0.25, 0.3) is 5.91 Å².